The maximum Gasteiger partial charge on any atom is 0.251 e. The molecule has 2 heterocycles. The van der Waals surface area contributed by atoms with Crippen LogP contribution in [0.15, 0.2) is 30.5 Å². The van der Waals surface area contributed by atoms with Crippen LogP contribution in [-0.4, -0.2) is 68.5 Å². The highest BCUT2D eigenvalue weighted by molar-refractivity contribution is 5.94. The van der Waals surface area contributed by atoms with E-state index in [2.05, 4.69) is 20.9 Å². The number of rotatable bonds is 6. The van der Waals surface area contributed by atoms with Crippen LogP contribution in [-0.2, 0) is 16.1 Å². The Labute approximate surface area is 197 Å². The summed E-state index contributed by atoms with van der Waals surface area (Å²) in [7, 11) is 1.49. The summed E-state index contributed by atoms with van der Waals surface area (Å²) in [6.07, 6.45) is 0.971. The van der Waals surface area contributed by atoms with Gasteiger partial charge in [-0.2, -0.15) is 5.26 Å². The van der Waals surface area contributed by atoms with Gasteiger partial charge in [-0.3, -0.25) is 14.4 Å². The van der Waals surface area contributed by atoms with Gasteiger partial charge in [-0.1, -0.05) is 32.1 Å². The zero-order valence-corrected chi connectivity index (χ0v) is 19.6. The number of benzene rings is 1. The Balaban J connectivity index is 1.77. The number of likely N-dealkylation sites (N-methyl/N-ethyl adjacent to an activating group) is 1. The molecule has 1 aliphatic heterocycles. The molecule has 11 heteroatoms. The minimum Gasteiger partial charge on any atom is -0.391 e. The van der Waals surface area contributed by atoms with Crippen LogP contribution in [0.4, 0.5) is 0 Å². The summed E-state index contributed by atoms with van der Waals surface area (Å²) >= 11 is 0. The third kappa shape index (κ3) is 5.40. The molecule has 0 saturated carbocycles. The molecule has 1 saturated heterocycles. The zero-order chi connectivity index (χ0) is 25.0. The lowest BCUT2D eigenvalue weighted by molar-refractivity contribution is -0.144. The average Bonchev–Trinajstić information content (AvgIpc) is 3.42. The van der Waals surface area contributed by atoms with Gasteiger partial charge in [-0.05, 0) is 23.6 Å². The Bertz CT molecular complexity index is 1120. The Morgan fingerprint density at radius 2 is 2.06 bits per heavy atom. The van der Waals surface area contributed by atoms with E-state index >= 15 is 0 Å². The van der Waals surface area contributed by atoms with Crippen molar-refractivity contribution < 1.29 is 19.5 Å². The van der Waals surface area contributed by atoms with Gasteiger partial charge in [0.15, 0.2) is 0 Å². The summed E-state index contributed by atoms with van der Waals surface area (Å²) in [5.74, 6) is -1.04. The lowest BCUT2D eigenvalue weighted by Gasteiger charge is -2.34. The first-order valence-corrected chi connectivity index (χ1v) is 10.9. The lowest BCUT2D eigenvalue weighted by atomic mass is 9.85. The first kappa shape index (κ1) is 24.9. The molecule has 0 spiro atoms. The number of hydrogen-bond acceptors (Lipinski definition) is 7. The van der Waals surface area contributed by atoms with Crippen LogP contribution in [0.5, 0.6) is 0 Å². The SMILES string of the molecule is CNC(=O)[C@H]1CC(O)CN1C(=O)C(n1cc(CNC(=O)c2cccc(C#N)c2)nn1)C(C)(C)C. The predicted molar refractivity (Wildman–Crippen MR) is 121 cm³/mol. The number of nitriles is 1. The number of likely N-dealkylation sites (tertiary alicyclic amines) is 1. The Hall–Kier alpha value is -3.78. The number of carbonyl (C=O) groups is 3. The first-order chi connectivity index (χ1) is 16.0. The van der Waals surface area contributed by atoms with Crippen LogP contribution in [0.2, 0.25) is 0 Å². The van der Waals surface area contributed by atoms with E-state index in [1.807, 2.05) is 26.8 Å². The molecular formula is C23H29N7O4. The van der Waals surface area contributed by atoms with E-state index in [-0.39, 0.29) is 37.2 Å². The number of aliphatic hydroxyl groups is 1. The van der Waals surface area contributed by atoms with Gasteiger partial charge in [0, 0.05) is 25.6 Å². The summed E-state index contributed by atoms with van der Waals surface area (Å²) < 4.78 is 1.44. The second kappa shape index (κ2) is 10.0. The molecule has 3 atom stereocenters. The number of hydrogen-bond donors (Lipinski definition) is 3. The van der Waals surface area contributed by atoms with Crippen LogP contribution in [0.3, 0.4) is 0 Å². The molecule has 180 valence electrons. The highest BCUT2D eigenvalue weighted by Crippen LogP contribution is 2.34. The number of nitrogens with zero attached hydrogens (tertiary/aromatic N) is 5. The molecule has 0 aliphatic carbocycles. The van der Waals surface area contributed by atoms with Crippen LogP contribution in [0, 0.1) is 16.7 Å². The number of amides is 3. The van der Waals surface area contributed by atoms with Gasteiger partial charge >= 0.3 is 0 Å². The fourth-order valence-corrected chi connectivity index (χ4v) is 4.03. The van der Waals surface area contributed by atoms with Crippen molar-refractivity contribution >= 4 is 17.7 Å². The van der Waals surface area contributed by atoms with Crippen molar-refractivity contribution in [1.29, 1.82) is 5.26 Å². The molecule has 2 aromatic rings. The second-order valence-electron chi connectivity index (χ2n) is 9.34. The van der Waals surface area contributed by atoms with Crippen molar-refractivity contribution in [2.45, 2.75) is 51.9 Å². The maximum absolute atomic E-state index is 13.5. The number of aliphatic hydroxyl groups excluding tert-OH is 1. The van der Waals surface area contributed by atoms with Crippen molar-refractivity contribution in [3.8, 4) is 6.07 Å². The minimum absolute atomic E-state index is 0.0584. The smallest absolute Gasteiger partial charge is 0.251 e. The molecule has 2 unspecified atom stereocenters. The normalized spacial score (nSPS) is 18.8. The van der Waals surface area contributed by atoms with Gasteiger partial charge in [-0.15, -0.1) is 5.10 Å². The van der Waals surface area contributed by atoms with Crippen LogP contribution in [0.1, 0.15) is 54.8 Å². The molecule has 0 bridgehead atoms. The fraction of sp³-hybridized carbons (Fsp3) is 0.478. The molecule has 3 amide bonds. The van der Waals surface area contributed by atoms with E-state index in [0.29, 0.717) is 16.8 Å². The quantitative estimate of drug-likeness (QED) is 0.555. The molecule has 0 radical (unpaired) electrons. The van der Waals surface area contributed by atoms with E-state index in [1.165, 1.54) is 22.7 Å². The van der Waals surface area contributed by atoms with Crippen molar-refractivity contribution in [2.75, 3.05) is 13.6 Å². The van der Waals surface area contributed by atoms with E-state index in [9.17, 15) is 19.5 Å². The van der Waals surface area contributed by atoms with E-state index < -0.39 is 23.6 Å². The Morgan fingerprint density at radius 1 is 1.32 bits per heavy atom. The van der Waals surface area contributed by atoms with Gasteiger partial charge in [0.2, 0.25) is 11.8 Å². The molecule has 1 aromatic heterocycles. The molecule has 1 fully saturated rings. The van der Waals surface area contributed by atoms with Crippen LogP contribution < -0.4 is 10.6 Å². The summed E-state index contributed by atoms with van der Waals surface area (Å²) in [6, 6.07) is 6.79. The molecule has 34 heavy (non-hydrogen) atoms. The number of β-amino-alcohol motifs (C(OH)–C–C–N with tert-alkyl or cyclic N) is 1. The number of aromatic nitrogens is 3. The predicted octanol–water partition coefficient (Wildman–Crippen LogP) is 0.375. The van der Waals surface area contributed by atoms with Gasteiger partial charge < -0.3 is 20.6 Å². The van der Waals surface area contributed by atoms with E-state index in [1.54, 1.807) is 24.4 Å². The van der Waals surface area contributed by atoms with Crippen LogP contribution in [0.25, 0.3) is 0 Å². The van der Waals surface area contributed by atoms with E-state index in [0.717, 1.165) is 0 Å². The molecule has 3 N–H and O–H groups in total. The topological polar surface area (TPSA) is 153 Å². The summed E-state index contributed by atoms with van der Waals surface area (Å²) in [6.45, 7) is 5.76. The van der Waals surface area contributed by atoms with Crippen molar-refractivity contribution in [3.63, 3.8) is 0 Å². The third-order valence-electron chi connectivity index (χ3n) is 5.67. The summed E-state index contributed by atoms with van der Waals surface area (Å²) in [5.41, 5.74) is 0.592. The molecular weight excluding hydrogens is 438 g/mol. The fourth-order valence-electron chi connectivity index (χ4n) is 4.03. The monoisotopic (exact) mass is 467 g/mol. The number of nitrogens with one attached hydrogen (secondary N) is 2. The zero-order valence-electron chi connectivity index (χ0n) is 19.6. The molecule has 1 aromatic carbocycles. The first-order valence-electron chi connectivity index (χ1n) is 10.9. The lowest BCUT2D eigenvalue weighted by Crippen LogP contribution is -2.49. The largest absolute Gasteiger partial charge is 0.391 e. The molecule has 3 rings (SSSR count). The molecule has 1 aliphatic rings. The van der Waals surface area contributed by atoms with Gasteiger partial charge in [0.1, 0.15) is 17.8 Å². The highest BCUT2D eigenvalue weighted by Gasteiger charge is 2.45. The van der Waals surface area contributed by atoms with Crippen molar-refractivity contribution in [3.05, 3.63) is 47.3 Å². The number of carbonyl (C=O) groups excluding carboxylic acids is 3. The van der Waals surface area contributed by atoms with Gasteiger partial charge in [0.25, 0.3) is 5.91 Å². The maximum atomic E-state index is 13.5. The average molecular weight is 468 g/mol. The van der Waals surface area contributed by atoms with Crippen LogP contribution >= 0.6 is 0 Å². The van der Waals surface area contributed by atoms with Gasteiger partial charge in [0.05, 0.1) is 30.5 Å². The standard InChI is InChI=1S/C23H29N7O4/c1-23(2,3)19(22(34)29-13-17(31)9-18(29)21(33)25-4)30-12-16(27-28-30)11-26-20(32)15-7-5-6-14(8-15)10-24/h5-8,12,17-19,31H,9,11,13H2,1-4H3,(H,25,33)(H,26,32)/t17?,18-,19?/m1/s1. The second-order valence-corrected chi connectivity index (χ2v) is 9.34. The minimum atomic E-state index is -0.784. The van der Waals surface area contributed by atoms with Gasteiger partial charge in [-0.25, -0.2) is 4.68 Å². The summed E-state index contributed by atoms with van der Waals surface area (Å²) in [5, 5.41) is 32.6. The van der Waals surface area contributed by atoms with Crippen molar-refractivity contribution in [1.82, 2.24) is 30.5 Å². The third-order valence-corrected chi connectivity index (χ3v) is 5.67. The Kier molecular flexibility index (Phi) is 7.32. The van der Waals surface area contributed by atoms with E-state index in [4.69, 9.17) is 5.26 Å². The Morgan fingerprint density at radius 3 is 2.71 bits per heavy atom. The highest BCUT2D eigenvalue weighted by atomic mass is 16.3. The molecule has 11 nitrogen and oxygen atoms in total. The van der Waals surface area contributed by atoms with Crippen molar-refractivity contribution in [2.24, 2.45) is 5.41 Å². The summed E-state index contributed by atoms with van der Waals surface area (Å²) in [4.78, 5) is 39.6.